The van der Waals surface area contributed by atoms with E-state index >= 15 is 0 Å². The second-order valence-corrected chi connectivity index (χ2v) is 11.2. The molecule has 0 unspecified atom stereocenters. The first kappa shape index (κ1) is 26.3. The van der Waals surface area contributed by atoms with Crippen molar-refractivity contribution in [2.45, 2.75) is 25.3 Å². The molecule has 0 saturated carbocycles. The lowest BCUT2D eigenvalue weighted by Crippen LogP contribution is -2.49. The number of aromatic nitrogens is 1. The molecule has 5 rings (SSSR count). The molecule has 2 fully saturated rings. The monoisotopic (exact) mass is 555 g/mol. The van der Waals surface area contributed by atoms with Crippen LogP contribution < -0.4 is 19.8 Å². The molecule has 3 aliphatic heterocycles. The Labute approximate surface area is 230 Å². The lowest BCUT2D eigenvalue weighted by molar-refractivity contribution is -0.134. The highest BCUT2D eigenvalue weighted by Gasteiger charge is 2.37. The van der Waals surface area contributed by atoms with Crippen LogP contribution in [0, 0.1) is 5.92 Å². The number of pyridine rings is 1. The number of hydrogen-bond acceptors (Lipinski definition) is 8. The van der Waals surface area contributed by atoms with Crippen molar-refractivity contribution in [3.63, 3.8) is 0 Å². The summed E-state index contributed by atoms with van der Waals surface area (Å²) in [6.07, 6.45) is 2.90. The Morgan fingerprint density at radius 2 is 1.82 bits per heavy atom. The Kier molecular flexibility index (Phi) is 7.49. The van der Waals surface area contributed by atoms with Crippen molar-refractivity contribution >= 4 is 46.2 Å². The van der Waals surface area contributed by atoms with Crippen LogP contribution in [-0.2, 0) is 16.1 Å². The quantitative estimate of drug-likeness (QED) is 0.380. The highest BCUT2D eigenvalue weighted by atomic mass is 32.2. The number of nitrogens with zero attached hydrogens (tertiary/aromatic N) is 3. The third kappa shape index (κ3) is 4.92. The van der Waals surface area contributed by atoms with Gasteiger partial charge in [-0.05, 0) is 42.2 Å². The normalized spacial score (nSPS) is 21.5. The van der Waals surface area contributed by atoms with Gasteiger partial charge in [0.1, 0.15) is 4.32 Å². The summed E-state index contributed by atoms with van der Waals surface area (Å²) >= 11 is 6.68. The van der Waals surface area contributed by atoms with E-state index < -0.39 is 0 Å². The molecule has 4 heterocycles. The zero-order chi connectivity index (χ0) is 27.0. The van der Waals surface area contributed by atoms with E-state index in [0.29, 0.717) is 51.7 Å². The lowest BCUT2D eigenvalue weighted by atomic mass is 9.83. The van der Waals surface area contributed by atoms with Gasteiger partial charge in [0.2, 0.25) is 11.7 Å². The number of carbonyl (C=O) groups is 2. The zero-order valence-corrected chi connectivity index (χ0v) is 23.1. The van der Waals surface area contributed by atoms with Gasteiger partial charge in [-0.3, -0.25) is 19.3 Å². The van der Waals surface area contributed by atoms with Gasteiger partial charge in [-0.25, -0.2) is 0 Å². The third-order valence-corrected chi connectivity index (χ3v) is 8.62. The van der Waals surface area contributed by atoms with Crippen molar-refractivity contribution in [2.75, 3.05) is 41.0 Å². The van der Waals surface area contributed by atoms with Crippen molar-refractivity contribution in [3.05, 3.63) is 56.8 Å². The van der Waals surface area contributed by atoms with E-state index in [-0.39, 0.29) is 42.2 Å². The van der Waals surface area contributed by atoms with E-state index in [2.05, 4.69) is 0 Å². The number of carbonyl (C=O) groups excluding carboxylic acids is 2. The molecule has 0 spiro atoms. The van der Waals surface area contributed by atoms with Gasteiger partial charge in [0.15, 0.2) is 11.5 Å². The number of methoxy groups -OCH3 is 3. The number of benzene rings is 1. The van der Waals surface area contributed by atoms with Crippen LogP contribution in [0.4, 0.5) is 0 Å². The number of ether oxygens (including phenoxy) is 3. The fourth-order valence-corrected chi connectivity index (χ4v) is 6.80. The zero-order valence-electron chi connectivity index (χ0n) is 21.5. The number of thiocarbonyl (C=S) groups is 1. The van der Waals surface area contributed by atoms with Crippen LogP contribution in [0.3, 0.4) is 0 Å². The SMILES string of the molecule is COc1cc(/C=C2\SC(=S)N(CCC(=O)N3C[C@@H]4C[C@H](C3)c3cccc(=O)n3C4)C2=O)cc(OC)c1OC. The Balaban J connectivity index is 1.25. The van der Waals surface area contributed by atoms with Gasteiger partial charge >= 0.3 is 0 Å². The summed E-state index contributed by atoms with van der Waals surface area (Å²) in [5.41, 5.74) is 1.72. The highest BCUT2D eigenvalue weighted by molar-refractivity contribution is 8.26. The Morgan fingerprint density at radius 3 is 2.50 bits per heavy atom. The molecular formula is C27H29N3O6S2. The number of amides is 2. The molecule has 2 aromatic rings. The minimum atomic E-state index is -0.231. The van der Waals surface area contributed by atoms with E-state index in [1.165, 1.54) is 38.0 Å². The van der Waals surface area contributed by atoms with Crippen molar-refractivity contribution in [3.8, 4) is 17.2 Å². The van der Waals surface area contributed by atoms with Crippen LogP contribution in [0.15, 0.2) is 40.0 Å². The smallest absolute Gasteiger partial charge is 0.266 e. The van der Waals surface area contributed by atoms with E-state index in [1.54, 1.807) is 30.3 Å². The van der Waals surface area contributed by atoms with Crippen LogP contribution in [-0.4, -0.2) is 71.5 Å². The molecule has 0 N–H and O–H groups in total. The fourth-order valence-electron chi connectivity index (χ4n) is 5.49. The van der Waals surface area contributed by atoms with Gasteiger partial charge in [-0.1, -0.05) is 30.0 Å². The average Bonchev–Trinajstić information content (AvgIpc) is 3.18. The van der Waals surface area contributed by atoms with Crippen LogP contribution in [0.5, 0.6) is 17.2 Å². The Hall–Kier alpha value is -3.31. The van der Waals surface area contributed by atoms with Gasteiger partial charge in [0.25, 0.3) is 11.5 Å². The van der Waals surface area contributed by atoms with E-state index in [0.717, 1.165) is 12.1 Å². The van der Waals surface area contributed by atoms with Crippen molar-refractivity contribution < 1.29 is 23.8 Å². The van der Waals surface area contributed by atoms with Gasteiger partial charge in [-0.15, -0.1) is 0 Å². The lowest BCUT2D eigenvalue weighted by Gasteiger charge is -2.42. The van der Waals surface area contributed by atoms with E-state index in [4.69, 9.17) is 26.4 Å². The summed E-state index contributed by atoms with van der Waals surface area (Å²) in [4.78, 5) is 42.4. The van der Waals surface area contributed by atoms with Gasteiger partial charge in [-0.2, -0.15) is 0 Å². The molecule has 0 radical (unpaired) electrons. The van der Waals surface area contributed by atoms with Crippen LogP contribution >= 0.6 is 24.0 Å². The topological polar surface area (TPSA) is 90.3 Å². The minimum absolute atomic E-state index is 0.00548. The van der Waals surface area contributed by atoms with Crippen LogP contribution in [0.1, 0.15) is 30.0 Å². The van der Waals surface area contributed by atoms with Crippen molar-refractivity contribution in [1.29, 1.82) is 0 Å². The maximum absolute atomic E-state index is 13.2. The van der Waals surface area contributed by atoms with E-state index in [1.807, 2.05) is 15.5 Å². The number of piperidine rings is 1. The van der Waals surface area contributed by atoms with Crippen LogP contribution in [0.2, 0.25) is 0 Å². The largest absolute Gasteiger partial charge is 0.493 e. The van der Waals surface area contributed by atoms with E-state index in [9.17, 15) is 14.4 Å². The highest BCUT2D eigenvalue weighted by Crippen LogP contribution is 2.40. The molecule has 11 heteroatoms. The molecule has 38 heavy (non-hydrogen) atoms. The fraction of sp³-hybridized carbons (Fsp3) is 0.407. The first-order chi connectivity index (χ1) is 18.3. The molecule has 2 atom stereocenters. The number of hydrogen-bond donors (Lipinski definition) is 0. The molecule has 1 aromatic carbocycles. The number of rotatable bonds is 7. The summed E-state index contributed by atoms with van der Waals surface area (Å²) in [6.45, 7) is 2.06. The Morgan fingerprint density at radius 1 is 1.08 bits per heavy atom. The summed E-state index contributed by atoms with van der Waals surface area (Å²) < 4.78 is 18.5. The van der Waals surface area contributed by atoms with Gasteiger partial charge < -0.3 is 23.7 Å². The molecule has 3 aliphatic rings. The number of thioether (sulfide) groups is 1. The molecule has 2 saturated heterocycles. The summed E-state index contributed by atoms with van der Waals surface area (Å²) in [6, 6.07) is 8.88. The predicted octanol–water partition coefficient (Wildman–Crippen LogP) is 3.11. The third-order valence-electron chi connectivity index (χ3n) is 7.24. The second-order valence-electron chi connectivity index (χ2n) is 9.54. The van der Waals surface area contributed by atoms with Crippen LogP contribution in [0.25, 0.3) is 6.08 Å². The molecule has 0 aliphatic carbocycles. The molecule has 9 nitrogen and oxygen atoms in total. The standard InChI is InChI=1S/C27H29N3O6S2/c1-34-20-10-16(11-21(35-2)25(20)36-3)12-22-26(33)29(27(37)38-22)8-7-23(31)28-13-17-9-18(15-28)19-5-4-6-24(32)30(19)14-17/h4-6,10-12,17-18H,7-9,13-15H2,1-3H3/b22-12-/t17-,18+/m0/s1. The average molecular weight is 556 g/mol. The molecule has 1 aromatic heterocycles. The summed E-state index contributed by atoms with van der Waals surface area (Å²) in [5.74, 6) is 1.60. The second kappa shape index (κ2) is 10.8. The summed E-state index contributed by atoms with van der Waals surface area (Å²) in [5, 5.41) is 0. The predicted molar refractivity (Wildman–Crippen MR) is 149 cm³/mol. The Bertz CT molecular complexity index is 1360. The maximum atomic E-state index is 13.2. The van der Waals surface area contributed by atoms with Gasteiger partial charge in [0, 0.05) is 50.3 Å². The molecule has 2 amide bonds. The first-order valence-electron chi connectivity index (χ1n) is 12.4. The number of fused-ring (bicyclic) bond motifs is 4. The summed E-state index contributed by atoms with van der Waals surface area (Å²) in [7, 11) is 4.60. The minimum Gasteiger partial charge on any atom is -0.493 e. The molecular weight excluding hydrogens is 526 g/mol. The number of likely N-dealkylation sites (tertiary alicyclic amines) is 1. The molecule has 2 bridgehead atoms. The van der Waals surface area contributed by atoms with Crippen molar-refractivity contribution in [1.82, 2.24) is 14.4 Å². The first-order valence-corrected chi connectivity index (χ1v) is 13.6. The maximum Gasteiger partial charge on any atom is 0.266 e. The van der Waals surface area contributed by atoms with Crippen molar-refractivity contribution in [2.24, 2.45) is 5.92 Å². The van der Waals surface area contributed by atoms with Gasteiger partial charge in [0.05, 0.1) is 26.2 Å². The molecule has 200 valence electrons.